The van der Waals surface area contributed by atoms with Crippen molar-refractivity contribution in [3.05, 3.63) is 47.8 Å². The number of amides is 1. The van der Waals surface area contributed by atoms with Crippen molar-refractivity contribution in [2.24, 2.45) is 0 Å². The van der Waals surface area contributed by atoms with Crippen molar-refractivity contribution in [2.75, 3.05) is 5.32 Å². The first kappa shape index (κ1) is 19.2. The van der Waals surface area contributed by atoms with E-state index in [0.717, 1.165) is 16.1 Å². The van der Waals surface area contributed by atoms with Crippen LogP contribution in [0.2, 0.25) is 0 Å². The van der Waals surface area contributed by atoms with Gasteiger partial charge in [0.25, 0.3) is 0 Å². The van der Waals surface area contributed by atoms with Gasteiger partial charge in [0.05, 0.1) is 10.9 Å². The number of nitrogens with zero attached hydrogens (tertiary/aromatic N) is 5. The Bertz CT molecular complexity index is 931. The molecule has 1 N–H and O–H groups in total. The number of aryl methyl sites for hydroxylation is 2. The van der Waals surface area contributed by atoms with Gasteiger partial charge in [0, 0.05) is 29.4 Å². The van der Waals surface area contributed by atoms with Crippen LogP contribution >= 0.6 is 23.1 Å². The summed E-state index contributed by atoms with van der Waals surface area (Å²) in [6.07, 6.45) is 5.22. The van der Waals surface area contributed by atoms with Crippen LogP contribution in [0.25, 0.3) is 11.4 Å². The number of anilines is 1. The van der Waals surface area contributed by atoms with Crippen LogP contribution in [0.15, 0.2) is 42.3 Å². The molecular formula is C18H20N6OS2. The Balaban J connectivity index is 1.77. The van der Waals surface area contributed by atoms with Gasteiger partial charge < -0.3 is 5.32 Å². The van der Waals surface area contributed by atoms with Crippen molar-refractivity contribution >= 4 is 34.1 Å². The molecule has 0 aliphatic carbocycles. The van der Waals surface area contributed by atoms with Gasteiger partial charge >= 0.3 is 0 Å². The Morgan fingerprint density at radius 2 is 2.26 bits per heavy atom. The molecule has 9 heteroatoms. The maximum atomic E-state index is 12.5. The molecule has 7 nitrogen and oxygen atoms in total. The van der Waals surface area contributed by atoms with E-state index in [1.54, 1.807) is 18.5 Å². The van der Waals surface area contributed by atoms with Crippen molar-refractivity contribution < 1.29 is 4.79 Å². The molecule has 3 heterocycles. The van der Waals surface area contributed by atoms with Gasteiger partial charge in [-0.15, -0.1) is 28.1 Å². The van der Waals surface area contributed by atoms with Crippen LogP contribution < -0.4 is 5.32 Å². The summed E-state index contributed by atoms with van der Waals surface area (Å²) in [4.78, 5) is 22.1. The third-order valence-corrected chi connectivity index (χ3v) is 5.93. The normalized spacial score (nSPS) is 12.0. The molecule has 0 saturated heterocycles. The number of thioether (sulfide) groups is 1. The van der Waals surface area contributed by atoms with Crippen molar-refractivity contribution in [3.63, 3.8) is 0 Å². The van der Waals surface area contributed by atoms with E-state index in [0.29, 0.717) is 22.7 Å². The van der Waals surface area contributed by atoms with Crippen LogP contribution in [-0.4, -0.2) is 35.9 Å². The molecule has 0 unspecified atom stereocenters. The molecule has 0 saturated carbocycles. The van der Waals surface area contributed by atoms with Crippen molar-refractivity contribution in [3.8, 4) is 11.4 Å². The predicted octanol–water partition coefficient (Wildman–Crippen LogP) is 3.72. The number of aromatic nitrogens is 5. The highest BCUT2D eigenvalue weighted by Gasteiger charge is 2.21. The first-order valence-corrected chi connectivity index (χ1v) is 10.0. The van der Waals surface area contributed by atoms with Gasteiger partial charge in [0.1, 0.15) is 0 Å². The second-order valence-electron chi connectivity index (χ2n) is 5.86. The Morgan fingerprint density at radius 1 is 1.44 bits per heavy atom. The zero-order chi connectivity index (χ0) is 19.4. The molecule has 140 valence electrons. The molecule has 27 heavy (non-hydrogen) atoms. The number of pyridine rings is 1. The largest absolute Gasteiger partial charge is 0.301 e. The predicted molar refractivity (Wildman–Crippen MR) is 109 cm³/mol. The van der Waals surface area contributed by atoms with Gasteiger partial charge in [-0.05, 0) is 32.9 Å². The van der Waals surface area contributed by atoms with Gasteiger partial charge in [0.2, 0.25) is 5.91 Å². The van der Waals surface area contributed by atoms with Crippen LogP contribution in [0.4, 0.5) is 5.13 Å². The maximum Gasteiger partial charge on any atom is 0.239 e. The molecule has 0 aliphatic heterocycles. The number of rotatable bonds is 7. The molecule has 1 atom stereocenters. The topological polar surface area (TPSA) is 85.6 Å². The molecule has 0 radical (unpaired) electrons. The number of hydrogen-bond acceptors (Lipinski definition) is 7. The van der Waals surface area contributed by atoms with E-state index in [4.69, 9.17) is 0 Å². The van der Waals surface area contributed by atoms with E-state index in [1.807, 2.05) is 37.5 Å². The molecule has 0 aliphatic rings. The highest BCUT2D eigenvalue weighted by atomic mass is 32.2. The lowest BCUT2D eigenvalue weighted by atomic mass is 10.3. The van der Waals surface area contributed by atoms with Gasteiger partial charge in [-0.3, -0.25) is 14.3 Å². The molecular weight excluding hydrogens is 380 g/mol. The molecule has 0 aromatic carbocycles. The van der Waals surface area contributed by atoms with Crippen LogP contribution in [0.3, 0.4) is 0 Å². The van der Waals surface area contributed by atoms with Crippen LogP contribution in [0.5, 0.6) is 0 Å². The summed E-state index contributed by atoms with van der Waals surface area (Å²) >= 11 is 2.82. The molecule has 3 aromatic heterocycles. The fraction of sp³-hybridized carbons (Fsp3) is 0.278. The van der Waals surface area contributed by atoms with Crippen LogP contribution in [-0.2, 0) is 11.3 Å². The van der Waals surface area contributed by atoms with Crippen molar-refractivity contribution in [1.82, 2.24) is 24.7 Å². The third-order valence-electron chi connectivity index (χ3n) is 3.86. The number of thiazole rings is 1. The zero-order valence-corrected chi connectivity index (χ0v) is 17.0. The average molecular weight is 401 g/mol. The lowest BCUT2D eigenvalue weighted by Crippen LogP contribution is -2.22. The zero-order valence-electron chi connectivity index (χ0n) is 15.3. The number of allylic oxidation sites excluding steroid dienone is 1. The standard InChI is InChI=1S/C18H20N6OS2/c1-5-9-24-15(14-7-6-8-19-10-14)22-23-18(24)27-13(4)16(25)21-17-20-11(2)12(3)26-17/h5-8,10,13H,1,9H2,2-4H3,(H,20,21,25)/t13-/m1/s1. The van der Waals surface area contributed by atoms with Crippen LogP contribution in [0, 0.1) is 13.8 Å². The summed E-state index contributed by atoms with van der Waals surface area (Å²) in [6, 6.07) is 3.78. The number of nitrogens with one attached hydrogen (secondary N) is 1. The monoisotopic (exact) mass is 400 g/mol. The molecule has 1 amide bonds. The van der Waals surface area contributed by atoms with Crippen molar-refractivity contribution in [2.45, 2.75) is 37.7 Å². The quantitative estimate of drug-likeness (QED) is 0.481. The lowest BCUT2D eigenvalue weighted by molar-refractivity contribution is -0.115. The fourth-order valence-electron chi connectivity index (χ4n) is 2.32. The Kier molecular flexibility index (Phi) is 6.02. The van der Waals surface area contributed by atoms with Crippen molar-refractivity contribution in [1.29, 1.82) is 0 Å². The van der Waals surface area contributed by atoms with E-state index >= 15 is 0 Å². The summed E-state index contributed by atoms with van der Waals surface area (Å²) in [7, 11) is 0. The van der Waals surface area contributed by atoms with Gasteiger partial charge in [-0.25, -0.2) is 4.98 Å². The number of carbonyl (C=O) groups is 1. The van der Waals surface area contributed by atoms with Gasteiger partial charge in [-0.2, -0.15) is 0 Å². The SMILES string of the molecule is C=CCn1c(S[C@H](C)C(=O)Nc2nc(C)c(C)s2)nnc1-c1cccnc1. The molecule has 3 aromatic rings. The smallest absolute Gasteiger partial charge is 0.239 e. The summed E-state index contributed by atoms with van der Waals surface area (Å²) < 4.78 is 1.93. The molecule has 0 spiro atoms. The maximum absolute atomic E-state index is 12.5. The summed E-state index contributed by atoms with van der Waals surface area (Å²) in [5.74, 6) is 0.578. The van der Waals surface area contributed by atoms with E-state index < -0.39 is 0 Å². The van der Waals surface area contributed by atoms with E-state index in [2.05, 4.69) is 32.1 Å². The number of hydrogen-bond donors (Lipinski definition) is 1. The Hall–Kier alpha value is -2.52. The van der Waals surface area contributed by atoms with E-state index in [9.17, 15) is 4.79 Å². The minimum Gasteiger partial charge on any atom is -0.301 e. The van der Waals surface area contributed by atoms with Gasteiger partial charge in [-0.1, -0.05) is 17.8 Å². The Labute approximate surface area is 166 Å². The molecule has 3 rings (SSSR count). The summed E-state index contributed by atoms with van der Waals surface area (Å²) in [5.41, 5.74) is 1.80. The second-order valence-corrected chi connectivity index (χ2v) is 8.37. The third kappa shape index (κ3) is 4.42. The number of carbonyl (C=O) groups excluding carboxylic acids is 1. The highest BCUT2D eigenvalue weighted by Crippen LogP contribution is 2.28. The first-order chi connectivity index (χ1) is 13.0. The highest BCUT2D eigenvalue weighted by molar-refractivity contribution is 8.00. The summed E-state index contributed by atoms with van der Waals surface area (Å²) in [5, 5.41) is 12.3. The Morgan fingerprint density at radius 3 is 2.89 bits per heavy atom. The van der Waals surface area contributed by atoms with Gasteiger partial charge in [0.15, 0.2) is 16.1 Å². The second kappa shape index (κ2) is 8.45. The lowest BCUT2D eigenvalue weighted by Gasteiger charge is -2.11. The summed E-state index contributed by atoms with van der Waals surface area (Å²) in [6.45, 7) is 10.1. The fourth-order valence-corrected chi connectivity index (χ4v) is 4.00. The average Bonchev–Trinajstić information content (AvgIpc) is 3.19. The van der Waals surface area contributed by atoms with E-state index in [1.165, 1.54) is 23.1 Å². The van der Waals surface area contributed by atoms with E-state index in [-0.39, 0.29) is 11.2 Å². The van der Waals surface area contributed by atoms with Crippen LogP contribution in [0.1, 0.15) is 17.5 Å². The minimum absolute atomic E-state index is 0.121. The molecule has 0 fully saturated rings. The minimum atomic E-state index is -0.357. The first-order valence-electron chi connectivity index (χ1n) is 8.35. The molecule has 0 bridgehead atoms.